The number of hydrogen-bond acceptors (Lipinski definition) is 3. The Morgan fingerprint density at radius 1 is 0.947 bits per heavy atom. The molecule has 19 heavy (non-hydrogen) atoms. The summed E-state index contributed by atoms with van der Waals surface area (Å²) in [6, 6.07) is 13.3. The number of methoxy groups -OCH3 is 1. The van der Waals surface area contributed by atoms with E-state index in [0.29, 0.717) is 22.1 Å². The lowest BCUT2D eigenvalue weighted by atomic mass is 10.2. The summed E-state index contributed by atoms with van der Waals surface area (Å²) < 4.78 is 10.2. The maximum atomic E-state index is 11.8. The summed E-state index contributed by atoms with van der Waals surface area (Å²) in [5.74, 6) is 0.758. The number of halogens is 1. The number of benzene rings is 2. The zero-order valence-corrected chi connectivity index (χ0v) is 10.5. The van der Waals surface area contributed by atoms with Gasteiger partial charge in [-0.25, -0.2) is 4.79 Å². The fourth-order valence-corrected chi connectivity index (χ4v) is 1.52. The average Bonchev–Trinajstić information content (AvgIpc) is 2.40. The van der Waals surface area contributed by atoms with E-state index in [9.17, 15) is 4.79 Å². The SMILES string of the molecule is C.COc1ccc(OC(=O)c2ccc(Cl)cc2)cc1. The fraction of sp³-hybridized carbons (Fsp3) is 0.133. The normalized spacial score (nSPS) is 9.37. The van der Waals surface area contributed by atoms with Gasteiger partial charge in [-0.15, -0.1) is 0 Å². The molecule has 0 atom stereocenters. The summed E-state index contributed by atoms with van der Waals surface area (Å²) in [5, 5.41) is 0.580. The van der Waals surface area contributed by atoms with Crippen LogP contribution in [0.3, 0.4) is 0 Å². The average molecular weight is 279 g/mol. The van der Waals surface area contributed by atoms with Crippen molar-refractivity contribution in [2.45, 2.75) is 7.43 Å². The Morgan fingerprint density at radius 2 is 1.47 bits per heavy atom. The first-order chi connectivity index (χ1) is 8.69. The molecule has 2 aromatic rings. The van der Waals surface area contributed by atoms with Gasteiger partial charge < -0.3 is 9.47 Å². The highest BCUT2D eigenvalue weighted by molar-refractivity contribution is 6.30. The molecule has 0 aliphatic carbocycles. The molecule has 2 aromatic carbocycles. The molecule has 0 aliphatic rings. The van der Waals surface area contributed by atoms with Crippen molar-refractivity contribution >= 4 is 17.6 Å². The van der Waals surface area contributed by atoms with Gasteiger partial charge in [-0.1, -0.05) is 19.0 Å². The Balaban J connectivity index is 0.00000180. The third kappa shape index (κ3) is 4.00. The summed E-state index contributed by atoms with van der Waals surface area (Å²) >= 11 is 5.74. The van der Waals surface area contributed by atoms with Crippen LogP contribution in [0.15, 0.2) is 48.5 Å². The summed E-state index contributed by atoms with van der Waals surface area (Å²) in [5.41, 5.74) is 0.454. The highest BCUT2D eigenvalue weighted by atomic mass is 35.5. The minimum atomic E-state index is -0.420. The minimum Gasteiger partial charge on any atom is -0.497 e. The minimum absolute atomic E-state index is 0. The van der Waals surface area contributed by atoms with Crippen molar-refractivity contribution in [1.29, 1.82) is 0 Å². The molecule has 100 valence electrons. The third-order valence-electron chi connectivity index (χ3n) is 2.35. The standard InChI is InChI=1S/C14H11ClO3.CH4/c1-17-12-6-8-13(9-7-12)18-14(16)10-2-4-11(15)5-3-10;/h2-9H,1H3;1H4. The number of carbonyl (C=O) groups excluding carboxylic acids is 1. The quantitative estimate of drug-likeness (QED) is 0.623. The van der Waals surface area contributed by atoms with Crippen molar-refractivity contribution < 1.29 is 14.3 Å². The predicted octanol–water partition coefficient (Wildman–Crippen LogP) is 4.20. The largest absolute Gasteiger partial charge is 0.497 e. The van der Waals surface area contributed by atoms with Crippen molar-refractivity contribution in [2.24, 2.45) is 0 Å². The van der Waals surface area contributed by atoms with Crippen LogP contribution in [0.25, 0.3) is 0 Å². The molecule has 0 aromatic heterocycles. The van der Waals surface area contributed by atoms with Crippen LogP contribution in [0.4, 0.5) is 0 Å². The molecule has 0 saturated carbocycles. The molecule has 3 nitrogen and oxygen atoms in total. The van der Waals surface area contributed by atoms with E-state index in [2.05, 4.69) is 0 Å². The Bertz CT molecular complexity index is 532. The molecule has 0 unspecified atom stereocenters. The van der Waals surface area contributed by atoms with Gasteiger partial charge in [0.1, 0.15) is 11.5 Å². The van der Waals surface area contributed by atoms with Gasteiger partial charge in [0.05, 0.1) is 12.7 Å². The molecule has 0 heterocycles. The van der Waals surface area contributed by atoms with Crippen molar-refractivity contribution in [2.75, 3.05) is 7.11 Å². The van der Waals surface area contributed by atoms with Gasteiger partial charge in [0.15, 0.2) is 0 Å². The van der Waals surface area contributed by atoms with Crippen molar-refractivity contribution in [3.05, 3.63) is 59.1 Å². The van der Waals surface area contributed by atoms with E-state index in [1.54, 1.807) is 55.6 Å². The van der Waals surface area contributed by atoms with Crippen LogP contribution in [-0.4, -0.2) is 13.1 Å². The Hall–Kier alpha value is -2.00. The third-order valence-corrected chi connectivity index (χ3v) is 2.60. The van der Waals surface area contributed by atoms with Gasteiger partial charge in [0.2, 0.25) is 0 Å². The van der Waals surface area contributed by atoms with E-state index in [1.807, 2.05) is 0 Å². The Labute approximate surface area is 117 Å². The highest BCUT2D eigenvalue weighted by Gasteiger charge is 2.08. The second-order valence-electron chi connectivity index (χ2n) is 3.57. The first-order valence-electron chi connectivity index (χ1n) is 5.31. The molecular formula is C15H15ClO3. The molecule has 0 bridgehead atoms. The first-order valence-corrected chi connectivity index (χ1v) is 5.68. The van der Waals surface area contributed by atoms with Gasteiger partial charge in [-0.05, 0) is 48.5 Å². The smallest absolute Gasteiger partial charge is 0.343 e. The monoisotopic (exact) mass is 278 g/mol. The Morgan fingerprint density at radius 3 is 2.00 bits per heavy atom. The second-order valence-corrected chi connectivity index (χ2v) is 4.01. The molecular weight excluding hydrogens is 264 g/mol. The van der Waals surface area contributed by atoms with E-state index in [1.165, 1.54) is 0 Å². The van der Waals surface area contributed by atoms with Gasteiger partial charge in [0, 0.05) is 5.02 Å². The molecule has 0 N–H and O–H groups in total. The maximum Gasteiger partial charge on any atom is 0.343 e. The number of rotatable bonds is 3. The number of esters is 1. The first kappa shape index (κ1) is 15.1. The van der Waals surface area contributed by atoms with Gasteiger partial charge in [-0.2, -0.15) is 0 Å². The van der Waals surface area contributed by atoms with Crippen LogP contribution in [0.1, 0.15) is 17.8 Å². The summed E-state index contributed by atoms with van der Waals surface area (Å²) in [6.45, 7) is 0. The van der Waals surface area contributed by atoms with Gasteiger partial charge >= 0.3 is 5.97 Å². The highest BCUT2D eigenvalue weighted by Crippen LogP contribution is 2.18. The molecule has 0 fully saturated rings. The molecule has 0 radical (unpaired) electrons. The molecule has 4 heteroatoms. The lowest BCUT2D eigenvalue weighted by Gasteiger charge is -2.05. The summed E-state index contributed by atoms with van der Waals surface area (Å²) in [7, 11) is 1.58. The van der Waals surface area contributed by atoms with Crippen LogP contribution in [0.2, 0.25) is 5.02 Å². The summed E-state index contributed by atoms with van der Waals surface area (Å²) in [6.07, 6.45) is 0. The van der Waals surface area contributed by atoms with Crippen molar-refractivity contribution in [3.8, 4) is 11.5 Å². The molecule has 0 saturated heterocycles. The second kappa shape index (κ2) is 6.81. The lowest BCUT2D eigenvalue weighted by molar-refractivity contribution is 0.0734. The van der Waals surface area contributed by atoms with Crippen LogP contribution in [-0.2, 0) is 0 Å². The van der Waals surface area contributed by atoms with E-state index in [0.717, 1.165) is 0 Å². The fourth-order valence-electron chi connectivity index (χ4n) is 1.40. The zero-order chi connectivity index (χ0) is 13.0. The zero-order valence-electron chi connectivity index (χ0n) is 9.72. The number of ether oxygens (including phenoxy) is 2. The molecule has 2 rings (SSSR count). The van der Waals surface area contributed by atoms with E-state index in [4.69, 9.17) is 21.1 Å². The van der Waals surface area contributed by atoms with Crippen LogP contribution in [0.5, 0.6) is 11.5 Å². The Kier molecular flexibility index (Phi) is 5.39. The van der Waals surface area contributed by atoms with Crippen LogP contribution < -0.4 is 9.47 Å². The summed E-state index contributed by atoms with van der Waals surface area (Å²) in [4.78, 5) is 11.8. The van der Waals surface area contributed by atoms with Crippen LogP contribution in [0, 0.1) is 0 Å². The topological polar surface area (TPSA) is 35.5 Å². The van der Waals surface area contributed by atoms with Crippen molar-refractivity contribution in [1.82, 2.24) is 0 Å². The van der Waals surface area contributed by atoms with E-state index in [-0.39, 0.29) is 7.43 Å². The van der Waals surface area contributed by atoms with Gasteiger partial charge in [-0.3, -0.25) is 0 Å². The van der Waals surface area contributed by atoms with E-state index >= 15 is 0 Å². The maximum absolute atomic E-state index is 11.8. The molecule has 0 amide bonds. The van der Waals surface area contributed by atoms with Crippen molar-refractivity contribution in [3.63, 3.8) is 0 Å². The number of hydrogen-bond donors (Lipinski definition) is 0. The lowest BCUT2D eigenvalue weighted by Crippen LogP contribution is -2.08. The van der Waals surface area contributed by atoms with Crippen LogP contribution >= 0.6 is 11.6 Å². The molecule has 0 spiro atoms. The predicted molar refractivity (Wildman–Crippen MR) is 76.1 cm³/mol. The van der Waals surface area contributed by atoms with Gasteiger partial charge in [0.25, 0.3) is 0 Å². The number of carbonyl (C=O) groups is 1. The van der Waals surface area contributed by atoms with E-state index < -0.39 is 5.97 Å². The molecule has 0 aliphatic heterocycles.